The lowest BCUT2D eigenvalue weighted by Gasteiger charge is -2.34. The lowest BCUT2D eigenvalue weighted by Crippen LogP contribution is -2.41. The van der Waals surface area contributed by atoms with E-state index in [2.05, 4.69) is 47.7 Å². The zero-order chi connectivity index (χ0) is 12.4. The summed E-state index contributed by atoms with van der Waals surface area (Å²) in [5, 5.41) is 5.34. The van der Waals surface area contributed by atoms with Crippen molar-refractivity contribution in [3.63, 3.8) is 0 Å². The predicted octanol–water partition coefficient (Wildman–Crippen LogP) is 2.95. The maximum Gasteiger partial charge on any atom is 0.0943 e. The fraction of sp³-hybridized carbons (Fsp3) is 0.750. The molecule has 0 bridgehead atoms. The van der Waals surface area contributed by atoms with Gasteiger partial charge in [-0.3, -0.25) is 0 Å². The number of nitrogens with two attached hydrogens (primary N) is 1. The van der Waals surface area contributed by atoms with Gasteiger partial charge in [-0.2, -0.15) is 23.5 Å². The first kappa shape index (κ1) is 13.7. The first-order chi connectivity index (χ1) is 8.06. The molecule has 1 aromatic rings. The van der Waals surface area contributed by atoms with Gasteiger partial charge in [-0.1, -0.05) is 13.8 Å². The maximum absolute atomic E-state index is 6.33. The van der Waals surface area contributed by atoms with Crippen molar-refractivity contribution in [3.05, 3.63) is 16.1 Å². The average molecular weight is 289 g/mol. The summed E-state index contributed by atoms with van der Waals surface area (Å²) in [7, 11) is 0. The van der Waals surface area contributed by atoms with Crippen molar-refractivity contribution in [2.45, 2.75) is 49.0 Å². The summed E-state index contributed by atoms with van der Waals surface area (Å²) in [5.74, 6) is 1.18. The minimum Gasteiger partial charge on any atom is -0.326 e. The molecule has 1 aliphatic rings. The zero-order valence-electron chi connectivity index (χ0n) is 10.6. The molecule has 4 atom stereocenters. The SMILES string of the molecule is Cc1csc(CC(N)C2CSC(C)C(C)S2)n1. The summed E-state index contributed by atoms with van der Waals surface area (Å²) in [5.41, 5.74) is 7.45. The summed E-state index contributed by atoms with van der Waals surface area (Å²) in [6.45, 7) is 6.67. The number of aryl methyl sites for hydroxylation is 1. The van der Waals surface area contributed by atoms with Gasteiger partial charge in [0.15, 0.2) is 0 Å². The molecule has 5 heteroatoms. The number of hydrogen-bond acceptors (Lipinski definition) is 5. The van der Waals surface area contributed by atoms with Gasteiger partial charge in [0, 0.05) is 45.0 Å². The Morgan fingerprint density at radius 1 is 1.47 bits per heavy atom. The highest BCUT2D eigenvalue weighted by molar-refractivity contribution is 8.07. The Bertz CT molecular complexity index is 366. The van der Waals surface area contributed by atoms with Crippen molar-refractivity contribution in [1.82, 2.24) is 4.98 Å². The Labute approximate surface area is 116 Å². The molecule has 0 spiro atoms. The Morgan fingerprint density at radius 3 is 2.82 bits per heavy atom. The second-order valence-corrected chi connectivity index (χ2v) is 8.64. The van der Waals surface area contributed by atoms with E-state index in [1.807, 2.05) is 6.92 Å². The van der Waals surface area contributed by atoms with E-state index < -0.39 is 0 Å². The number of rotatable bonds is 3. The van der Waals surface area contributed by atoms with E-state index in [9.17, 15) is 0 Å². The van der Waals surface area contributed by atoms with Crippen LogP contribution >= 0.6 is 34.9 Å². The Hall–Kier alpha value is 0.290. The lowest BCUT2D eigenvalue weighted by atomic mass is 10.2. The van der Waals surface area contributed by atoms with Crippen molar-refractivity contribution >= 4 is 34.9 Å². The molecule has 4 unspecified atom stereocenters. The van der Waals surface area contributed by atoms with Crippen LogP contribution in [-0.2, 0) is 6.42 Å². The molecule has 17 heavy (non-hydrogen) atoms. The van der Waals surface area contributed by atoms with Crippen LogP contribution in [0, 0.1) is 6.92 Å². The predicted molar refractivity (Wildman–Crippen MR) is 81.3 cm³/mol. The molecule has 96 valence electrons. The van der Waals surface area contributed by atoms with Crippen LogP contribution in [0.4, 0.5) is 0 Å². The number of thioether (sulfide) groups is 2. The van der Waals surface area contributed by atoms with Gasteiger partial charge < -0.3 is 5.73 Å². The van der Waals surface area contributed by atoms with Crippen LogP contribution in [-0.4, -0.2) is 32.5 Å². The molecule has 0 aliphatic carbocycles. The standard InChI is InChI=1S/C12H20N2S3/c1-7-5-16-12(14-7)4-10(13)11-6-15-8(2)9(3)17-11/h5,8-11H,4,6,13H2,1-3H3. The van der Waals surface area contributed by atoms with E-state index in [-0.39, 0.29) is 6.04 Å². The van der Waals surface area contributed by atoms with E-state index in [0.29, 0.717) is 10.5 Å². The molecule has 1 fully saturated rings. The summed E-state index contributed by atoms with van der Waals surface area (Å²) >= 11 is 5.86. The fourth-order valence-electron chi connectivity index (χ4n) is 1.86. The second-order valence-electron chi connectivity index (χ2n) is 4.67. The molecule has 2 N–H and O–H groups in total. The molecule has 0 radical (unpaired) electrons. The molecule has 0 amide bonds. The van der Waals surface area contributed by atoms with Gasteiger partial charge in [-0.15, -0.1) is 11.3 Å². The Kier molecular flexibility index (Phi) is 4.80. The van der Waals surface area contributed by atoms with Crippen LogP contribution in [0.15, 0.2) is 5.38 Å². The van der Waals surface area contributed by atoms with E-state index in [1.165, 1.54) is 10.8 Å². The summed E-state index contributed by atoms with van der Waals surface area (Å²) in [6, 6.07) is 0.244. The molecule has 2 rings (SSSR count). The van der Waals surface area contributed by atoms with Gasteiger partial charge >= 0.3 is 0 Å². The van der Waals surface area contributed by atoms with Crippen molar-refractivity contribution in [3.8, 4) is 0 Å². The number of aromatic nitrogens is 1. The molecule has 1 saturated heterocycles. The number of hydrogen-bond donors (Lipinski definition) is 1. The smallest absolute Gasteiger partial charge is 0.0943 e. The maximum atomic E-state index is 6.33. The Morgan fingerprint density at radius 2 is 2.24 bits per heavy atom. The number of nitrogens with zero attached hydrogens (tertiary/aromatic N) is 1. The average Bonchev–Trinajstić information content (AvgIpc) is 2.68. The molecule has 1 aliphatic heterocycles. The number of thiazole rings is 1. The summed E-state index contributed by atoms with van der Waals surface area (Å²) in [6.07, 6.45) is 0.928. The highest BCUT2D eigenvalue weighted by Crippen LogP contribution is 2.37. The van der Waals surface area contributed by atoms with Crippen LogP contribution in [0.3, 0.4) is 0 Å². The van der Waals surface area contributed by atoms with E-state index in [0.717, 1.165) is 17.4 Å². The minimum atomic E-state index is 0.244. The van der Waals surface area contributed by atoms with Crippen LogP contribution < -0.4 is 5.73 Å². The van der Waals surface area contributed by atoms with Crippen molar-refractivity contribution < 1.29 is 0 Å². The highest BCUT2D eigenvalue weighted by Gasteiger charge is 2.29. The largest absolute Gasteiger partial charge is 0.326 e. The zero-order valence-corrected chi connectivity index (χ0v) is 13.0. The normalized spacial score (nSPS) is 31.4. The highest BCUT2D eigenvalue weighted by atomic mass is 32.2. The van der Waals surface area contributed by atoms with Crippen molar-refractivity contribution in [2.24, 2.45) is 5.73 Å². The topological polar surface area (TPSA) is 38.9 Å². The van der Waals surface area contributed by atoms with Crippen LogP contribution in [0.25, 0.3) is 0 Å². The summed E-state index contributed by atoms with van der Waals surface area (Å²) < 4.78 is 0. The van der Waals surface area contributed by atoms with E-state index >= 15 is 0 Å². The quantitative estimate of drug-likeness (QED) is 0.928. The first-order valence-corrected chi connectivity index (χ1v) is 8.87. The molecular formula is C12H20N2S3. The molecular weight excluding hydrogens is 268 g/mol. The third-order valence-electron chi connectivity index (χ3n) is 3.13. The molecule has 2 heterocycles. The van der Waals surface area contributed by atoms with E-state index in [1.54, 1.807) is 11.3 Å². The van der Waals surface area contributed by atoms with E-state index in [4.69, 9.17) is 5.73 Å². The van der Waals surface area contributed by atoms with Gasteiger partial charge in [0.25, 0.3) is 0 Å². The molecule has 0 aromatic carbocycles. The molecule has 2 nitrogen and oxygen atoms in total. The van der Waals surface area contributed by atoms with Gasteiger partial charge in [0.2, 0.25) is 0 Å². The Balaban J connectivity index is 1.90. The van der Waals surface area contributed by atoms with Gasteiger partial charge in [0.1, 0.15) is 0 Å². The fourth-order valence-corrected chi connectivity index (χ4v) is 5.77. The monoisotopic (exact) mass is 288 g/mol. The third-order valence-corrected chi connectivity index (χ3v) is 7.69. The summed E-state index contributed by atoms with van der Waals surface area (Å²) in [4.78, 5) is 4.50. The first-order valence-electron chi connectivity index (χ1n) is 6.00. The van der Waals surface area contributed by atoms with Gasteiger partial charge in [-0.25, -0.2) is 4.98 Å². The van der Waals surface area contributed by atoms with Gasteiger partial charge in [-0.05, 0) is 6.92 Å². The lowest BCUT2D eigenvalue weighted by molar-refractivity contribution is 0.654. The van der Waals surface area contributed by atoms with Crippen LogP contribution in [0.5, 0.6) is 0 Å². The molecule has 1 aromatic heterocycles. The second kappa shape index (κ2) is 5.95. The third kappa shape index (κ3) is 3.63. The minimum absolute atomic E-state index is 0.244. The van der Waals surface area contributed by atoms with Crippen LogP contribution in [0.1, 0.15) is 24.5 Å². The van der Waals surface area contributed by atoms with Crippen LogP contribution in [0.2, 0.25) is 0 Å². The van der Waals surface area contributed by atoms with Gasteiger partial charge in [0.05, 0.1) is 5.01 Å². The molecule has 0 saturated carbocycles. The van der Waals surface area contributed by atoms with Crippen molar-refractivity contribution in [2.75, 3.05) is 5.75 Å². The van der Waals surface area contributed by atoms with Crippen molar-refractivity contribution in [1.29, 1.82) is 0 Å².